The Labute approximate surface area is 90.7 Å². The SMILES string of the molecule is O=C(NC1CCCC1)c1nnc(Cl)s1. The minimum Gasteiger partial charge on any atom is -0.347 e. The fourth-order valence-electron chi connectivity index (χ4n) is 1.61. The molecule has 1 heterocycles. The Morgan fingerprint density at radius 2 is 2.14 bits per heavy atom. The molecular formula is C8H10ClN3OS. The number of hydrogen-bond donors (Lipinski definition) is 1. The van der Waals surface area contributed by atoms with Gasteiger partial charge in [0.15, 0.2) is 0 Å². The van der Waals surface area contributed by atoms with Gasteiger partial charge in [-0.25, -0.2) is 0 Å². The molecule has 1 aromatic rings. The molecule has 1 aromatic heterocycles. The number of aromatic nitrogens is 2. The third kappa shape index (κ3) is 2.22. The van der Waals surface area contributed by atoms with Gasteiger partial charge in [-0.15, -0.1) is 10.2 Å². The Kier molecular flexibility index (Phi) is 2.98. The van der Waals surface area contributed by atoms with Crippen LogP contribution in [-0.4, -0.2) is 22.1 Å². The van der Waals surface area contributed by atoms with E-state index in [1.807, 2.05) is 0 Å². The molecule has 1 aliphatic carbocycles. The van der Waals surface area contributed by atoms with E-state index in [0.29, 0.717) is 15.5 Å². The molecule has 1 aliphatic rings. The molecule has 0 saturated heterocycles. The predicted molar refractivity (Wildman–Crippen MR) is 54.6 cm³/mol. The smallest absolute Gasteiger partial charge is 0.282 e. The van der Waals surface area contributed by atoms with Crippen molar-refractivity contribution >= 4 is 28.8 Å². The molecule has 1 saturated carbocycles. The van der Waals surface area contributed by atoms with Gasteiger partial charge in [0.2, 0.25) is 9.47 Å². The van der Waals surface area contributed by atoms with Gasteiger partial charge in [-0.05, 0) is 24.4 Å². The number of halogens is 1. The van der Waals surface area contributed by atoms with Crippen LogP contribution in [0.5, 0.6) is 0 Å². The van der Waals surface area contributed by atoms with E-state index in [2.05, 4.69) is 15.5 Å². The average Bonchev–Trinajstić information content (AvgIpc) is 2.75. The summed E-state index contributed by atoms with van der Waals surface area (Å²) in [6.07, 6.45) is 4.53. The zero-order valence-electron chi connectivity index (χ0n) is 7.49. The predicted octanol–water partition coefficient (Wildman–Crippen LogP) is 1.86. The van der Waals surface area contributed by atoms with E-state index >= 15 is 0 Å². The van der Waals surface area contributed by atoms with Crippen molar-refractivity contribution in [3.8, 4) is 0 Å². The summed E-state index contributed by atoms with van der Waals surface area (Å²) in [7, 11) is 0. The van der Waals surface area contributed by atoms with Gasteiger partial charge in [0, 0.05) is 6.04 Å². The van der Waals surface area contributed by atoms with Gasteiger partial charge in [-0.2, -0.15) is 0 Å². The highest BCUT2D eigenvalue weighted by molar-refractivity contribution is 7.17. The maximum Gasteiger partial charge on any atom is 0.282 e. The van der Waals surface area contributed by atoms with E-state index in [-0.39, 0.29) is 5.91 Å². The lowest BCUT2D eigenvalue weighted by atomic mass is 10.2. The Morgan fingerprint density at radius 3 is 2.71 bits per heavy atom. The lowest BCUT2D eigenvalue weighted by Crippen LogP contribution is -2.32. The Balaban J connectivity index is 1.95. The highest BCUT2D eigenvalue weighted by atomic mass is 35.5. The van der Waals surface area contributed by atoms with Gasteiger partial charge in [-0.3, -0.25) is 4.79 Å². The van der Waals surface area contributed by atoms with Crippen molar-refractivity contribution in [1.29, 1.82) is 0 Å². The largest absolute Gasteiger partial charge is 0.347 e. The minimum absolute atomic E-state index is 0.152. The molecule has 1 N–H and O–H groups in total. The molecule has 0 spiro atoms. The molecule has 2 rings (SSSR count). The third-order valence-corrected chi connectivity index (χ3v) is 3.30. The van der Waals surface area contributed by atoms with Gasteiger partial charge in [-0.1, -0.05) is 24.2 Å². The van der Waals surface area contributed by atoms with Gasteiger partial charge < -0.3 is 5.32 Å². The minimum atomic E-state index is -0.152. The molecule has 0 bridgehead atoms. The van der Waals surface area contributed by atoms with E-state index < -0.39 is 0 Å². The first-order valence-electron chi connectivity index (χ1n) is 4.55. The van der Waals surface area contributed by atoms with Crippen LogP contribution >= 0.6 is 22.9 Å². The lowest BCUT2D eigenvalue weighted by Gasteiger charge is -2.09. The Morgan fingerprint density at radius 1 is 1.43 bits per heavy atom. The molecule has 1 fully saturated rings. The second kappa shape index (κ2) is 4.23. The summed E-state index contributed by atoms with van der Waals surface area (Å²) in [5, 5.41) is 10.5. The van der Waals surface area contributed by atoms with Crippen molar-refractivity contribution < 1.29 is 4.79 Å². The molecular weight excluding hydrogens is 222 g/mol. The van der Waals surface area contributed by atoms with E-state index in [1.54, 1.807) is 0 Å². The summed E-state index contributed by atoms with van der Waals surface area (Å²) in [5.41, 5.74) is 0. The molecule has 1 amide bonds. The van der Waals surface area contributed by atoms with Crippen LogP contribution in [0.25, 0.3) is 0 Å². The molecule has 0 unspecified atom stereocenters. The van der Waals surface area contributed by atoms with E-state index in [9.17, 15) is 4.79 Å². The standard InChI is InChI=1S/C8H10ClN3OS/c9-8-12-11-7(14-8)6(13)10-5-3-1-2-4-5/h5H,1-4H2,(H,10,13). The van der Waals surface area contributed by atoms with Crippen molar-refractivity contribution in [3.05, 3.63) is 9.47 Å². The van der Waals surface area contributed by atoms with Crippen molar-refractivity contribution in [2.24, 2.45) is 0 Å². The van der Waals surface area contributed by atoms with Crippen LogP contribution in [0.3, 0.4) is 0 Å². The fraction of sp³-hybridized carbons (Fsp3) is 0.625. The quantitative estimate of drug-likeness (QED) is 0.846. The summed E-state index contributed by atoms with van der Waals surface area (Å²) < 4.78 is 0.307. The summed E-state index contributed by atoms with van der Waals surface area (Å²) >= 11 is 6.70. The zero-order valence-corrected chi connectivity index (χ0v) is 9.07. The van der Waals surface area contributed by atoms with Gasteiger partial charge >= 0.3 is 0 Å². The molecule has 0 aliphatic heterocycles. The fourth-order valence-corrected chi connectivity index (χ4v) is 2.35. The normalized spacial score (nSPS) is 17.2. The molecule has 76 valence electrons. The number of amides is 1. The monoisotopic (exact) mass is 231 g/mol. The number of carbonyl (C=O) groups excluding carboxylic acids is 1. The average molecular weight is 232 g/mol. The summed E-state index contributed by atoms with van der Waals surface area (Å²) in [6, 6.07) is 0.310. The second-order valence-electron chi connectivity index (χ2n) is 3.32. The van der Waals surface area contributed by atoms with Gasteiger partial charge in [0.05, 0.1) is 0 Å². The third-order valence-electron chi connectivity index (χ3n) is 2.28. The van der Waals surface area contributed by atoms with Gasteiger partial charge in [0.25, 0.3) is 5.91 Å². The molecule has 0 radical (unpaired) electrons. The van der Waals surface area contributed by atoms with E-state index in [4.69, 9.17) is 11.6 Å². The summed E-state index contributed by atoms with van der Waals surface area (Å²) in [6.45, 7) is 0. The molecule has 0 atom stereocenters. The maximum absolute atomic E-state index is 11.6. The first-order chi connectivity index (χ1) is 6.75. The topological polar surface area (TPSA) is 54.9 Å². The van der Waals surface area contributed by atoms with E-state index in [1.165, 1.54) is 12.8 Å². The van der Waals surface area contributed by atoms with Gasteiger partial charge in [0.1, 0.15) is 0 Å². The number of nitrogens with one attached hydrogen (secondary N) is 1. The first kappa shape index (κ1) is 9.86. The first-order valence-corrected chi connectivity index (χ1v) is 5.75. The van der Waals surface area contributed by atoms with E-state index in [0.717, 1.165) is 24.2 Å². The van der Waals surface area contributed by atoms with Crippen LogP contribution < -0.4 is 5.32 Å². The second-order valence-corrected chi connectivity index (χ2v) is 4.87. The van der Waals surface area contributed by atoms with Crippen LogP contribution in [0.15, 0.2) is 0 Å². The van der Waals surface area contributed by atoms with Crippen LogP contribution in [0.4, 0.5) is 0 Å². The highest BCUT2D eigenvalue weighted by Gasteiger charge is 2.19. The van der Waals surface area contributed by atoms with Crippen molar-refractivity contribution in [2.75, 3.05) is 0 Å². The number of rotatable bonds is 2. The number of carbonyl (C=O) groups is 1. The lowest BCUT2D eigenvalue weighted by molar-refractivity contribution is 0.0937. The summed E-state index contributed by atoms with van der Waals surface area (Å²) in [4.78, 5) is 11.6. The number of hydrogen-bond acceptors (Lipinski definition) is 4. The number of nitrogens with zero attached hydrogens (tertiary/aromatic N) is 2. The Bertz CT molecular complexity index is 335. The van der Waals surface area contributed by atoms with Crippen LogP contribution in [0, 0.1) is 0 Å². The van der Waals surface area contributed by atoms with Crippen molar-refractivity contribution in [1.82, 2.24) is 15.5 Å². The molecule has 6 heteroatoms. The summed E-state index contributed by atoms with van der Waals surface area (Å²) in [5.74, 6) is -0.152. The zero-order chi connectivity index (χ0) is 9.97. The highest BCUT2D eigenvalue weighted by Crippen LogP contribution is 2.19. The van der Waals surface area contributed by atoms with Crippen molar-refractivity contribution in [2.45, 2.75) is 31.7 Å². The van der Waals surface area contributed by atoms with Crippen LogP contribution in [0.1, 0.15) is 35.5 Å². The van der Waals surface area contributed by atoms with Crippen molar-refractivity contribution in [3.63, 3.8) is 0 Å². The Hall–Kier alpha value is -0.680. The van der Waals surface area contributed by atoms with Crippen LogP contribution in [-0.2, 0) is 0 Å². The maximum atomic E-state index is 11.6. The molecule has 14 heavy (non-hydrogen) atoms. The molecule has 0 aromatic carbocycles. The van der Waals surface area contributed by atoms with Crippen LogP contribution in [0.2, 0.25) is 4.47 Å². The molecule has 4 nitrogen and oxygen atoms in total.